The molecule has 4 heteroatoms. The van der Waals surface area contributed by atoms with Crippen molar-refractivity contribution >= 4 is 23.3 Å². The molecule has 1 heterocycles. The smallest absolute Gasteiger partial charge is 0.419 e. The van der Waals surface area contributed by atoms with Crippen LogP contribution in [0.5, 0.6) is 0 Å². The number of hydrogen-bond acceptors (Lipinski definition) is 3. The van der Waals surface area contributed by atoms with E-state index in [1.807, 2.05) is 82.3 Å². The molecule has 0 unspecified atom stereocenters. The van der Waals surface area contributed by atoms with Crippen molar-refractivity contribution in [3.63, 3.8) is 0 Å². The molecule has 134 valence electrons. The van der Waals surface area contributed by atoms with E-state index in [0.29, 0.717) is 16.8 Å². The summed E-state index contributed by atoms with van der Waals surface area (Å²) in [6, 6.07) is 17.3. The van der Waals surface area contributed by atoms with Gasteiger partial charge >= 0.3 is 6.09 Å². The number of ether oxygens (including phenoxy) is 1. The van der Waals surface area contributed by atoms with Crippen LogP contribution in [0.2, 0.25) is 0 Å². The first-order valence-electron chi connectivity index (χ1n) is 8.70. The fraction of sp³-hybridized carbons (Fsp3) is 0.273. The first-order valence-corrected chi connectivity index (χ1v) is 8.70. The molecule has 0 fully saturated rings. The minimum atomic E-state index is -0.628. The van der Waals surface area contributed by atoms with Gasteiger partial charge in [-0.2, -0.15) is 0 Å². The molecular weight excluding hydrogens is 326 g/mol. The number of fused-ring (bicyclic) bond motifs is 1. The Labute approximate surface area is 153 Å². The molecular formula is C22H23NO3. The summed E-state index contributed by atoms with van der Waals surface area (Å²) in [5.41, 5.74) is 2.27. The highest BCUT2D eigenvalue weighted by Gasteiger charge is 2.28. The van der Waals surface area contributed by atoms with E-state index in [-0.39, 0.29) is 5.92 Å². The van der Waals surface area contributed by atoms with E-state index in [4.69, 9.17) is 4.74 Å². The minimum Gasteiger partial charge on any atom is -0.443 e. The van der Waals surface area contributed by atoms with E-state index >= 15 is 0 Å². The third-order valence-electron chi connectivity index (χ3n) is 4.36. The summed E-state index contributed by atoms with van der Waals surface area (Å²) in [5, 5.41) is 0.756. The van der Waals surface area contributed by atoms with Gasteiger partial charge < -0.3 is 4.74 Å². The first-order chi connectivity index (χ1) is 12.3. The highest BCUT2D eigenvalue weighted by molar-refractivity contribution is 6.03. The molecule has 0 saturated carbocycles. The standard InChI is InChI=1S/C22H23NO3/c1-15(16-10-6-5-7-11-16)20-18(14-24)17-12-8-9-13-19(17)23(20)21(25)26-22(2,3)4/h5-15H,1-4H3/t15-/m1/s1. The number of rotatable bonds is 3. The number of carbonyl (C=O) groups excluding carboxylic acids is 2. The molecule has 26 heavy (non-hydrogen) atoms. The van der Waals surface area contributed by atoms with E-state index < -0.39 is 11.7 Å². The lowest BCUT2D eigenvalue weighted by molar-refractivity contribution is 0.0539. The Morgan fingerprint density at radius 1 is 1.04 bits per heavy atom. The molecule has 1 atom stereocenters. The number of aldehydes is 1. The van der Waals surface area contributed by atoms with Gasteiger partial charge in [0.05, 0.1) is 5.52 Å². The average molecular weight is 349 g/mol. The predicted molar refractivity (Wildman–Crippen MR) is 103 cm³/mol. The first kappa shape index (κ1) is 17.9. The van der Waals surface area contributed by atoms with E-state index in [0.717, 1.165) is 17.2 Å². The molecule has 0 N–H and O–H groups in total. The molecule has 0 aliphatic rings. The summed E-state index contributed by atoms with van der Waals surface area (Å²) in [4.78, 5) is 24.9. The van der Waals surface area contributed by atoms with Crippen LogP contribution < -0.4 is 0 Å². The minimum absolute atomic E-state index is 0.142. The van der Waals surface area contributed by atoms with Gasteiger partial charge in [0.25, 0.3) is 0 Å². The Balaban J connectivity index is 2.27. The van der Waals surface area contributed by atoms with Gasteiger partial charge in [0, 0.05) is 22.6 Å². The lowest BCUT2D eigenvalue weighted by Crippen LogP contribution is -2.28. The Bertz CT molecular complexity index is 949. The Morgan fingerprint density at radius 3 is 2.27 bits per heavy atom. The van der Waals surface area contributed by atoms with Crippen LogP contribution in [0.25, 0.3) is 10.9 Å². The normalized spacial score (nSPS) is 12.8. The molecule has 3 rings (SSSR count). The van der Waals surface area contributed by atoms with Gasteiger partial charge in [0.15, 0.2) is 6.29 Å². The Morgan fingerprint density at radius 2 is 1.65 bits per heavy atom. The maximum absolute atomic E-state index is 13.0. The zero-order valence-corrected chi connectivity index (χ0v) is 15.5. The van der Waals surface area contributed by atoms with Crippen molar-refractivity contribution in [2.24, 2.45) is 0 Å². The number of para-hydroxylation sites is 1. The summed E-state index contributed by atoms with van der Waals surface area (Å²) in [6.45, 7) is 7.49. The summed E-state index contributed by atoms with van der Waals surface area (Å²) in [7, 11) is 0. The molecule has 0 radical (unpaired) electrons. The van der Waals surface area contributed by atoms with E-state index in [1.165, 1.54) is 0 Å². The second-order valence-electron chi connectivity index (χ2n) is 7.38. The van der Waals surface area contributed by atoms with Crippen molar-refractivity contribution in [1.82, 2.24) is 4.57 Å². The van der Waals surface area contributed by atoms with Gasteiger partial charge in [0.2, 0.25) is 0 Å². The fourth-order valence-corrected chi connectivity index (χ4v) is 3.24. The molecule has 4 nitrogen and oxygen atoms in total. The third kappa shape index (κ3) is 3.27. The van der Waals surface area contributed by atoms with Crippen LogP contribution in [0.15, 0.2) is 54.6 Å². The zero-order chi connectivity index (χ0) is 18.9. The maximum atomic E-state index is 13.0. The predicted octanol–water partition coefficient (Wildman–Crippen LogP) is 5.39. The van der Waals surface area contributed by atoms with Crippen LogP contribution in [0.3, 0.4) is 0 Å². The molecule has 3 aromatic rings. The lowest BCUT2D eigenvalue weighted by Gasteiger charge is -2.22. The van der Waals surface area contributed by atoms with Crippen molar-refractivity contribution in [1.29, 1.82) is 0 Å². The zero-order valence-electron chi connectivity index (χ0n) is 15.5. The highest BCUT2D eigenvalue weighted by atomic mass is 16.6. The molecule has 2 aromatic carbocycles. The summed E-state index contributed by atoms with van der Waals surface area (Å²) < 4.78 is 7.17. The largest absolute Gasteiger partial charge is 0.443 e. The van der Waals surface area contributed by atoms with E-state index in [1.54, 1.807) is 4.57 Å². The Hall–Kier alpha value is -2.88. The van der Waals surface area contributed by atoms with E-state index in [9.17, 15) is 9.59 Å². The molecule has 0 bridgehead atoms. The van der Waals surface area contributed by atoms with Gasteiger partial charge in [-0.3, -0.25) is 4.79 Å². The molecule has 0 amide bonds. The van der Waals surface area contributed by atoms with Crippen molar-refractivity contribution < 1.29 is 14.3 Å². The quantitative estimate of drug-likeness (QED) is 0.596. The maximum Gasteiger partial charge on any atom is 0.419 e. The van der Waals surface area contributed by atoms with Crippen LogP contribution in [0.1, 0.15) is 55.2 Å². The monoisotopic (exact) mass is 349 g/mol. The summed E-state index contributed by atoms with van der Waals surface area (Å²) in [5.74, 6) is -0.142. The van der Waals surface area contributed by atoms with Crippen LogP contribution >= 0.6 is 0 Å². The topological polar surface area (TPSA) is 48.3 Å². The number of nitrogens with zero attached hydrogens (tertiary/aromatic N) is 1. The molecule has 0 spiro atoms. The van der Waals surface area contributed by atoms with Crippen molar-refractivity contribution in [3.05, 3.63) is 71.4 Å². The third-order valence-corrected chi connectivity index (χ3v) is 4.36. The van der Waals surface area contributed by atoms with Crippen molar-refractivity contribution in [3.8, 4) is 0 Å². The fourth-order valence-electron chi connectivity index (χ4n) is 3.24. The summed E-state index contributed by atoms with van der Waals surface area (Å²) >= 11 is 0. The average Bonchev–Trinajstić information content (AvgIpc) is 2.94. The van der Waals surface area contributed by atoms with Gasteiger partial charge in [0.1, 0.15) is 5.60 Å². The second kappa shape index (κ2) is 6.79. The van der Waals surface area contributed by atoms with Gasteiger partial charge in [-0.15, -0.1) is 0 Å². The molecule has 1 aromatic heterocycles. The van der Waals surface area contributed by atoms with Crippen LogP contribution in [-0.4, -0.2) is 22.5 Å². The summed E-state index contributed by atoms with van der Waals surface area (Å²) in [6.07, 6.45) is 0.359. The van der Waals surface area contributed by atoms with Crippen LogP contribution in [0.4, 0.5) is 4.79 Å². The van der Waals surface area contributed by atoms with Crippen molar-refractivity contribution in [2.75, 3.05) is 0 Å². The van der Waals surface area contributed by atoms with Crippen molar-refractivity contribution in [2.45, 2.75) is 39.2 Å². The molecule has 0 aliphatic carbocycles. The van der Waals surface area contributed by atoms with Gasteiger partial charge in [-0.05, 0) is 32.4 Å². The molecule has 0 saturated heterocycles. The van der Waals surface area contributed by atoms with Gasteiger partial charge in [-0.25, -0.2) is 9.36 Å². The highest BCUT2D eigenvalue weighted by Crippen LogP contribution is 2.34. The second-order valence-corrected chi connectivity index (χ2v) is 7.38. The molecule has 0 aliphatic heterocycles. The lowest BCUT2D eigenvalue weighted by atomic mass is 9.94. The van der Waals surface area contributed by atoms with E-state index in [2.05, 4.69) is 0 Å². The SMILES string of the molecule is C[C@H](c1ccccc1)c1c(C=O)c2ccccc2n1C(=O)OC(C)(C)C. The Kier molecular flexibility index (Phi) is 4.68. The van der Waals surface area contributed by atoms with Crippen LogP contribution in [0, 0.1) is 0 Å². The van der Waals surface area contributed by atoms with Gasteiger partial charge in [-0.1, -0.05) is 55.5 Å². The number of carbonyl (C=O) groups is 2. The number of aromatic nitrogens is 1. The number of benzene rings is 2. The van der Waals surface area contributed by atoms with Crippen LogP contribution in [-0.2, 0) is 4.74 Å². The number of hydrogen-bond donors (Lipinski definition) is 0.